The van der Waals surface area contributed by atoms with E-state index in [4.69, 9.17) is 14.2 Å². The van der Waals surface area contributed by atoms with Gasteiger partial charge in [0, 0.05) is 56.2 Å². The lowest BCUT2D eigenvalue weighted by molar-refractivity contribution is -0.384. The lowest BCUT2D eigenvalue weighted by Gasteiger charge is -2.20. The van der Waals surface area contributed by atoms with Crippen LogP contribution in [0.2, 0.25) is 0 Å². The first-order valence-corrected chi connectivity index (χ1v) is 12.4. The Bertz CT molecular complexity index is 1130. The first-order valence-electron chi connectivity index (χ1n) is 10.1. The molecule has 0 aliphatic rings. The van der Waals surface area contributed by atoms with Gasteiger partial charge in [-0.3, -0.25) is 10.1 Å². The van der Waals surface area contributed by atoms with E-state index in [2.05, 4.69) is 31.9 Å². The molecule has 0 aliphatic carbocycles. The van der Waals surface area contributed by atoms with Crippen molar-refractivity contribution in [3.05, 3.63) is 68.8 Å². The van der Waals surface area contributed by atoms with E-state index in [-0.39, 0.29) is 5.69 Å². The fourth-order valence-corrected chi connectivity index (χ4v) is 4.95. The SMILES string of the molecule is COc1c(CBr)cc(C)cc1-c1cc([N+](=O)[O-])cc(-c2cc(C)cc(CBr)c2OC)c1OC. The van der Waals surface area contributed by atoms with Crippen LogP contribution in [-0.4, -0.2) is 26.3 Å². The standard InChI is InChI=1S/C25H25Br2NO5/c1-14-6-16(12-26)23(31-3)19(8-14)21-10-18(28(29)30)11-22(25(21)33-5)20-9-15(2)7-17(13-27)24(20)32-4/h6-11H,12-13H2,1-5H3. The zero-order chi connectivity index (χ0) is 24.3. The Labute approximate surface area is 210 Å². The molecule has 0 radical (unpaired) electrons. The Balaban J connectivity index is 2.49. The minimum Gasteiger partial charge on any atom is -0.496 e. The van der Waals surface area contributed by atoms with Crippen molar-refractivity contribution in [1.82, 2.24) is 0 Å². The van der Waals surface area contributed by atoms with Gasteiger partial charge in [-0.1, -0.05) is 44.0 Å². The number of nitrogens with zero attached hydrogens (tertiary/aromatic N) is 1. The highest BCUT2D eigenvalue weighted by Gasteiger charge is 2.25. The van der Waals surface area contributed by atoms with Gasteiger partial charge in [-0.25, -0.2) is 0 Å². The van der Waals surface area contributed by atoms with Crippen LogP contribution < -0.4 is 14.2 Å². The van der Waals surface area contributed by atoms with Crippen molar-refractivity contribution in [3.8, 4) is 39.5 Å². The van der Waals surface area contributed by atoms with Gasteiger partial charge in [0.2, 0.25) is 0 Å². The summed E-state index contributed by atoms with van der Waals surface area (Å²) in [7, 11) is 4.75. The number of alkyl halides is 2. The molecule has 174 valence electrons. The van der Waals surface area contributed by atoms with Gasteiger partial charge in [-0.05, 0) is 37.1 Å². The second kappa shape index (κ2) is 10.6. The Morgan fingerprint density at radius 1 is 0.697 bits per heavy atom. The van der Waals surface area contributed by atoms with E-state index >= 15 is 0 Å². The number of non-ortho nitro benzene ring substituents is 1. The van der Waals surface area contributed by atoms with E-state index in [1.807, 2.05) is 38.1 Å². The van der Waals surface area contributed by atoms with E-state index in [1.165, 1.54) is 12.1 Å². The number of nitro benzene ring substituents is 1. The van der Waals surface area contributed by atoms with Crippen molar-refractivity contribution in [2.45, 2.75) is 24.5 Å². The third-order valence-electron chi connectivity index (χ3n) is 5.39. The van der Waals surface area contributed by atoms with Crippen molar-refractivity contribution in [2.24, 2.45) is 0 Å². The lowest BCUT2D eigenvalue weighted by Crippen LogP contribution is -2.01. The Kier molecular flexibility index (Phi) is 8.02. The highest BCUT2D eigenvalue weighted by Crippen LogP contribution is 2.49. The summed E-state index contributed by atoms with van der Waals surface area (Å²) in [6, 6.07) is 11.0. The van der Waals surface area contributed by atoms with Gasteiger partial charge in [-0.15, -0.1) is 0 Å². The van der Waals surface area contributed by atoms with Gasteiger partial charge in [0.1, 0.15) is 17.2 Å². The molecular weight excluding hydrogens is 554 g/mol. The summed E-state index contributed by atoms with van der Waals surface area (Å²) in [6.07, 6.45) is 0. The first kappa shape index (κ1) is 25.1. The fourth-order valence-electron chi connectivity index (χ4n) is 4.12. The predicted octanol–water partition coefficient (Wildman–Crippen LogP) is 7.36. The molecule has 3 aromatic rings. The number of methoxy groups -OCH3 is 3. The maximum Gasteiger partial charge on any atom is 0.270 e. The second-order valence-corrected chi connectivity index (χ2v) is 8.73. The molecular formula is C25H25Br2NO5. The smallest absolute Gasteiger partial charge is 0.270 e. The molecule has 0 saturated carbocycles. The molecule has 3 rings (SSSR count). The van der Waals surface area contributed by atoms with E-state index < -0.39 is 4.92 Å². The summed E-state index contributed by atoms with van der Waals surface area (Å²) in [4.78, 5) is 11.5. The second-order valence-electron chi connectivity index (χ2n) is 7.61. The topological polar surface area (TPSA) is 70.8 Å². The minimum atomic E-state index is -0.395. The summed E-state index contributed by atoms with van der Waals surface area (Å²) in [5.74, 6) is 1.79. The maximum atomic E-state index is 11.9. The third kappa shape index (κ3) is 4.87. The van der Waals surface area contributed by atoms with Crippen LogP contribution in [0.3, 0.4) is 0 Å². The van der Waals surface area contributed by atoms with Crippen LogP contribution in [0.25, 0.3) is 22.3 Å². The number of halogens is 2. The number of nitro groups is 1. The normalized spacial score (nSPS) is 10.8. The van der Waals surface area contributed by atoms with Crippen LogP contribution in [0, 0.1) is 24.0 Å². The van der Waals surface area contributed by atoms with Gasteiger partial charge in [0.05, 0.1) is 26.3 Å². The molecule has 0 saturated heterocycles. The van der Waals surface area contributed by atoms with Gasteiger partial charge in [0.25, 0.3) is 5.69 Å². The molecule has 0 aliphatic heterocycles. The molecule has 6 nitrogen and oxygen atoms in total. The van der Waals surface area contributed by atoms with Crippen molar-refractivity contribution >= 4 is 37.5 Å². The van der Waals surface area contributed by atoms with Crippen LogP contribution in [0.4, 0.5) is 5.69 Å². The van der Waals surface area contributed by atoms with Crippen molar-refractivity contribution in [1.29, 1.82) is 0 Å². The Morgan fingerprint density at radius 2 is 1.06 bits per heavy atom. The minimum absolute atomic E-state index is 0.0475. The summed E-state index contributed by atoms with van der Waals surface area (Å²) in [5.41, 5.74) is 6.45. The van der Waals surface area contributed by atoms with Crippen LogP contribution in [0.1, 0.15) is 22.3 Å². The lowest BCUT2D eigenvalue weighted by atomic mass is 9.92. The molecule has 0 fully saturated rings. The van der Waals surface area contributed by atoms with Crippen LogP contribution in [0.5, 0.6) is 17.2 Å². The van der Waals surface area contributed by atoms with Crippen LogP contribution in [-0.2, 0) is 10.7 Å². The predicted molar refractivity (Wildman–Crippen MR) is 138 cm³/mol. The molecule has 0 spiro atoms. The highest BCUT2D eigenvalue weighted by atomic mass is 79.9. The monoisotopic (exact) mass is 577 g/mol. The largest absolute Gasteiger partial charge is 0.496 e. The molecule has 33 heavy (non-hydrogen) atoms. The van der Waals surface area contributed by atoms with Crippen molar-refractivity contribution in [2.75, 3.05) is 21.3 Å². The van der Waals surface area contributed by atoms with Gasteiger partial charge >= 0.3 is 0 Å². The third-order valence-corrected chi connectivity index (χ3v) is 6.59. The summed E-state index contributed by atoms with van der Waals surface area (Å²) in [5, 5.41) is 13.1. The Morgan fingerprint density at radius 3 is 1.36 bits per heavy atom. The van der Waals surface area contributed by atoms with E-state index in [9.17, 15) is 10.1 Å². The number of hydrogen-bond donors (Lipinski definition) is 0. The van der Waals surface area contributed by atoms with Gasteiger partial charge < -0.3 is 14.2 Å². The molecule has 0 heterocycles. The average Bonchev–Trinajstić information content (AvgIpc) is 2.81. The number of ether oxygens (including phenoxy) is 3. The summed E-state index contributed by atoms with van der Waals surface area (Å²) in [6.45, 7) is 3.96. The van der Waals surface area contributed by atoms with E-state index in [0.29, 0.717) is 39.0 Å². The van der Waals surface area contributed by atoms with Crippen LogP contribution in [0.15, 0.2) is 36.4 Å². The average molecular weight is 579 g/mol. The number of aryl methyl sites for hydroxylation is 2. The van der Waals surface area contributed by atoms with Gasteiger partial charge in [-0.2, -0.15) is 0 Å². The highest BCUT2D eigenvalue weighted by molar-refractivity contribution is 9.08. The van der Waals surface area contributed by atoms with Crippen molar-refractivity contribution in [3.63, 3.8) is 0 Å². The molecule has 0 unspecified atom stereocenters. The number of hydrogen-bond acceptors (Lipinski definition) is 5. The molecule has 0 amide bonds. The number of benzene rings is 3. The maximum absolute atomic E-state index is 11.9. The number of rotatable bonds is 8. The quantitative estimate of drug-likeness (QED) is 0.159. The van der Waals surface area contributed by atoms with Crippen molar-refractivity contribution < 1.29 is 19.1 Å². The first-order chi connectivity index (χ1) is 15.8. The zero-order valence-electron chi connectivity index (χ0n) is 19.1. The van der Waals surface area contributed by atoms with Gasteiger partial charge in [0.15, 0.2) is 0 Å². The Hall–Kier alpha value is -2.58. The molecule has 0 bridgehead atoms. The molecule has 8 heteroatoms. The summed E-state index contributed by atoms with van der Waals surface area (Å²) < 4.78 is 17.4. The molecule has 0 aromatic heterocycles. The zero-order valence-corrected chi connectivity index (χ0v) is 22.3. The fraction of sp³-hybridized carbons (Fsp3) is 0.280. The summed E-state index contributed by atoms with van der Waals surface area (Å²) >= 11 is 7.03. The molecule has 3 aromatic carbocycles. The molecule has 0 atom stereocenters. The van der Waals surface area contributed by atoms with Crippen LogP contribution >= 0.6 is 31.9 Å². The van der Waals surface area contributed by atoms with E-state index in [0.717, 1.165) is 33.4 Å². The van der Waals surface area contributed by atoms with E-state index in [1.54, 1.807) is 21.3 Å². The molecule has 0 N–H and O–H groups in total.